The maximum Gasteiger partial charge on any atom is 0.225 e. The zero-order valence-corrected chi connectivity index (χ0v) is 11.3. The maximum atomic E-state index is 11.7. The van der Waals surface area contributed by atoms with Gasteiger partial charge in [-0.1, -0.05) is 18.2 Å². The number of amides is 1. The Morgan fingerprint density at radius 2 is 1.74 bits per heavy atom. The summed E-state index contributed by atoms with van der Waals surface area (Å²) in [5.41, 5.74) is 7.21. The summed E-state index contributed by atoms with van der Waals surface area (Å²) >= 11 is 1.65. The SMILES string of the molecule is Nc1ccc(SCCC(=O)Nc2ccccc2)cc1. The van der Waals surface area contributed by atoms with Gasteiger partial charge in [0.2, 0.25) is 5.91 Å². The number of hydrogen-bond donors (Lipinski definition) is 2. The predicted molar refractivity (Wildman–Crippen MR) is 81.3 cm³/mol. The van der Waals surface area contributed by atoms with E-state index in [0.29, 0.717) is 6.42 Å². The van der Waals surface area contributed by atoms with Crippen LogP contribution in [0.1, 0.15) is 6.42 Å². The molecule has 3 N–H and O–H groups in total. The molecule has 2 rings (SSSR count). The first-order chi connectivity index (χ1) is 9.24. The van der Waals surface area contributed by atoms with Gasteiger partial charge in [-0.2, -0.15) is 0 Å². The van der Waals surface area contributed by atoms with Crippen LogP contribution in [0.25, 0.3) is 0 Å². The Labute approximate surface area is 117 Å². The normalized spacial score (nSPS) is 10.1. The van der Waals surface area contributed by atoms with Crippen molar-refractivity contribution in [1.82, 2.24) is 0 Å². The van der Waals surface area contributed by atoms with E-state index in [1.54, 1.807) is 11.8 Å². The zero-order valence-electron chi connectivity index (χ0n) is 10.5. The van der Waals surface area contributed by atoms with Crippen LogP contribution in [0.3, 0.4) is 0 Å². The summed E-state index contributed by atoms with van der Waals surface area (Å²) < 4.78 is 0. The molecule has 0 saturated carbocycles. The van der Waals surface area contributed by atoms with Gasteiger partial charge >= 0.3 is 0 Å². The Kier molecular flexibility index (Phi) is 4.86. The first kappa shape index (κ1) is 13.5. The molecule has 2 aromatic carbocycles. The lowest BCUT2D eigenvalue weighted by atomic mass is 10.3. The summed E-state index contributed by atoms with van der Waals surface area (Å²) in [7, 11) is 0. The Balaban J connectivity index is 1.74. The minimum absolute atomic E-state index is 0.0362. The summed E-state index contributed by atoms with van der Waals surface area (Å²) in [4.78, 5) is 12.8. The second-order valence-electron chi connectivity index (χ2n) is 4.08. The average Bonchev–Trinajstić information content (AvgIpc) is 2.42. The number of hydrogen-bond acceptors (Lipinski definition) is 3. The van der Waals surface area contributed by atoms with Crippen molar-refractivity contribution in [3.8, 4) is 0 Å². The first-order valence-electron chi connectivity index (χ1n) is 6.07. The van der Waals surface area contributed by atoms with Crippen molar-refractivity contribution in [2.75, 3.05) is 16.8 Å². The van der Waals surface area contributed by atoms with Crippen LogP contribution in [0.4, 0.5) is 11.4 Å². The van der Waals surface area contributed by atoms with Gasteiger partial charge in [0, 0.05) is 28.4 Å². The van der Waals surface area contributed by atoms with Gasteiger partial charge in [-0.25, -0.2) is 0 Å². The van der Waals surface area contributed by atoms with E-state index < -0.39 is 0 Å². The van der Waals surface area contributed by atoms with E-state index in [0.717, 1.165) is 22.0 Å². The molecule has 2 aromatic rings. The second-order valence-corrected chi connectivity index (χ2v) is 5.25. The molecule has 0 bridgehead atoms. The summed E-state index contributed by atoms with van der Waals surface area (Å²) in [6.45, 7) is 0. The molecule has 0 fully saturated rings. The quantitative estimate of drug-likeness (QED) is 0.648. The number of benzene rings is 2. The lowest BCUT2D eigenvalue weighted by molar-refractivity contribution is -0.115. The minimum atomic E-state index is 0.0362. The van der Waals surface area contributed by atoms with E-state index in [1.165, 1.54) is 0 Å². The number of thioether (sulfide) groups is 1. The van der Waals surface area contributed by atoms with E-state index in [9.17, 15) is 4.79 Å². The molecule has 98 valence electrons. The fourth-order valence-corrected chi connectivity index (χ4v) is 2.42. The van der Waals surface area contributed by atoms with Crippen molar-refractivity contribution in [1.29, 1.82) is 0 Å². The highest BCUT2D eigenvalue weighted by molar-refractivity contribution is 7.99. The topological polar surface area (TPSA) is 55.1 Å². The molecular weight excluding hydrogens is 256 g/mol. The monoisotopic (exact) mass is 272 g/mol. The van der Waals surface area contributed by atoms with Crippen LogP contribution in [-0.4, -0.2) is 11.7 Å². The Bertz CT molecular complexity index is 526. The van der Waals surface area contributed by atoms with Gasteiger partial charge in [-0.05, 0) is 36.4 Å². The Morgan fingerprint density at radius 1 is 1.05 bits per heavy atom. The fourth-order valence-electron chi connectivity index (χ4n) is 1.57. The number of nitrogens with two attached hydrogens (primary N) is 1. The van der Waals surface area contributed by atoms with Gasteiger partial charge in [0.1, 0.15) is 0 Å². The van der Waals surface area contributed by atoms with E-state index in [2.05, 4.69) is 5.32 Å². The number of rotatable bonds is 5. The Morgan fingerprint density at radius 3 is 2.42 bits per heavy atom. The van der Waals surface area contributed by atoms with Crippen LogP contribution < -0.4 is 11.1 Å². The third-order valence-electron chi connectivity index (χ3n) is 2.54. The predicted octanol–water partition coefficient (Wildman–Crippen LogP) is 3.39. The molecular formula is C15H16N2OS. The standard InChI is InChI=1S/C15H16N2OS/c16-12-6-8-14(9-7-12)19-11-10-15(18)17-13-4-2-1-3-5-13/h1-9H,10-11,16H2,(H,17,18). The second kappa shape index (κ2) is 6.85. The third-order valence-corrected chi connectivity index (χ3v) is 3.55. The molecule has 0 spiro atoms. The zero-order chi connectivity index (χ0) is 13.5. The van der Waals surface area contributed by atoms with Gasteiger partial charge in [0.15, 0.2) is 0 Å². The maximum absolute atomic E-state index is 11.7. The lowest BCUT2D eigenvalue weighted by Gasteiger charge is -2.05. The smallest absolute Gasteiger partial charge is 0.225 e. The van der Waals surface area contributed by atoms with Crippen molar-refractivity contribution >= 4 is 29.0 Å². The fraction of sp³-hybridized carbons (Fsp3) is 0.133. The van der Waals surface area contributed by atoms with Gasteiger partial charge < -0.3 is 11.1 Å². The van der Waals surface area contributed by atoms with Crippen LogP contribution in [0.15, 0.2) is 59.5 Å². The highest BCUT2D eigenvalue weighted by atomic mass is 32.2. The molecule has 0 aliphatic rings. The van der Waals surface area contributed by atoms with Crippen LogP contribution in [0.2, 0.25) is 0 Å². The number of anilines is 2. The third kappa shape index (κ3) is 4.67. The number of carbonyl (C=O) groups is 1. The molecule has 4 heteroatoms. The average molecular weight is 272 g/mol. The molecule has 0 aliphatic heterocycles. The van der Waals surface area contributed by atoms with Crippen molar-refractivity contribution in [2.45, 2.75) is 11.3 Å². The highest BCUT2D eigenvalue weighted by Gasteiger charge is 2.02. The lowest BCUT2D eigenvalue weighted by Crippen LogP contribution is -2.11. The van der Waals surface area contributed by atoms with Gasteiger partial charge in [0.25, 0.3) is 0 Å². The van der Waals surface area contributed by atoms with E-state index in [1.807, 2.05) is 54.6 Å². The van der Waals surface area contributed by atoms with Gasteiger partial charge in [-0.15, -0.1) is 11.8 Å². The molecule has 0 heterocycles. The van der Waals surface area contributed by atoms with Crippen molar-refractivity contribution in [3.05, 3.63) is 54.6 Å². The van der Waals surface area contributed by atoms with E-state index >= 15 is 0 Å². The van der Waals surface area contributed by atoms with Crippen molar-refractivity contribution < 1.29 is 4.79 Å². The molecule has 0 radical (unpaired) electrons. The Hall–Kier alpha value is -1.94. The molecule has 3 nitrogen and oxygen atoms in total. The molecule has 1 amide bonds. The summed E-state index contributed by atoms with van der Waals surface area (Å²) in [5, 5.41) is 2.87. The summed E-state index contributed by atoms with van der Waals surface area (Å²) in [6.07, 6.45) is 0.490. The van der Waals surface area contributed by atoms with Crippen LogP contribution >= 0.6 is 11.8 Å². The molecule has 0 atom stereocenters. The van der Waals surface area contributed by atoms with Crippen LogP contribution in [0, 0.1) is 0 Å². The number of para-hydroxylation sites is 1. The number of nitrogen functional groups attached to an aromatic ring is 1. The van der Waals surface area contributed by atoms with Gasteiger partial charge in [0.05, 0.1) is 0 Å². The number of nitrogens with one attached hydrogen (secondary N) is 1. The summed E-state index contributed by atoms with van der Waals surface area (Å²) in [6, 6.07) is 17.2. The minimum Gasteiger partial charge on any atom is -0.399 e. The summed E-state index contributed by atoms with van der Waals surface area (Å²) in [5.74, 6) is 0.789. The molecule has 19 heavy (non-hydrogen) atoms. The van der Waals surface area contributed by atoms with E-state index in [4.69, 9.17) is 5.73 Å². The molecule has 0 saturated heterocycles. The van der Waals surface area contributed by atoms with Gasteiger partial charge in [-0.3, -0.25) is 4.79 Å². The largest absolute Gasteiger partial charge is 0.399 e. The molecule has 0 aromatic heterocycles. The highest BCUT2D eigenvalue weighted by Crippen LogP contribution is 2.20. The van der Waals surface area contributed by atoms with Crippen molar-refractivity contribution in [2.24, 2.45) is 0 Å². The first-order valence-corrected chi connectivity index (χ1v) is 7.06. The number of carbonyl (C=O) groups excluding carboxylic acids is 1. The van der Waals surface area contributed by atoms with E-state index in [-0.39, 0.29) is 5.91 Å². The molecule has 0 unspecified atom stereocenters. The molecule has 0 aliphatic carbocycles. The van der Waals surface area contributed by atoms with Crippen molar-refractivity contribution in [3.63, 3.8) is 0 Å². The van der Waals surface area contributed by atoms with Crippen LogP contribution in [-0.2, 0) is 4.79 Å². The van der Waals surface area contributed by atoms with Crippen LogP contribution in [0.5, 0.6) is 0 Å².